The summed E-state index contributed by atoms with van der Waals surface area (Å²) in [5.74, 6) is 7.21. The molecule has 2 aromatic carbocycles. The van der Waals surface area contributed by atoms with E-state index in [1.54, 1.807) is 10.7 Å². The predicted molar refractivity (Wildman–Crippen MR) is 160 cm³/mol. The highest BCUT2D eigenvalue weighted by molar-refractivity contribution is 7.99. The highest BCUT2D eigenvalue weighted by Crippen LogP contribution is 2.41. The number of ketones is 1. The fraction of sp³-hybridized carbons (Fsp3) is 0.467. The van der Waals surface area contributed by atoms with Crippen LogP contribution in [0.1, 0.15) is 62.1 Å². The van der Waals surface area contributed by atoms with Crippen molar-refractivity contribution in [1.29, 1.82) is 0 Å². The molecule has 2 aliphatic rings. The van der Waals surface area contributed by atoms with Crippen LogP contribution in [0.4, 0.5) is 0 Å². The van der Waals surface area contributed by atoms with Crippen LogP contribution in [0.15, 0.2) is 41.6 Å². The zero-order valence-electron chi connectivity index (χ0n) is 22.8. The van der Waals surface area contributed by atoms with Crippen molar-refractivity contribution in [3.8, 4) is 17.5 Å². The van der Waals surface area contributed by atoms with Gasteiger partial charge in [0.15, 0.2) is 0 Å². The second-order valence-corrected chi connectivity index (χ2v) is 12.6. The molecule has 0 unspecified atom stereocenters. The number of benzene rings is 2. The zero-order valence-corrected chi connectivity index (χ0v) is 25.2. The number of Topliss-reactive ketones (excluding diaryl/α,β-unsaturated/α-hetero) is 1. The van der Waals surface area contributed by atoms with Crippen LogP contribution in [-0.2, 0) is 16.0 Å². The summed E-state index contributed by atoms with van der Waals surface area (Å²) in [6, 6.07) is 11.5. The Labute approximate surface area is 249 Å². The van der Waals surface area contributed by atoms with Crippen LogP contribution >= 0.6 is 35.0 Å². The first-order valence-electron chi connectivity index (χ1n) is 13.7. The number of halogens is 2. The Morgan fingerprint density at radius 3 is 2.65 bits per heavy atom. The number of thioether (sulfide) groups is 1. The van der Waals surface area contributed by atoms with Gasteiger partial charge in [-0.15, -0.1) is 5.10 Å². The number of hydrogen-bond donors (Lipinski definition) is 0. The minimum atomic E-state index is -0.559. The Balaban J connectivity index is 1.13. The molecule has 1 aliphatic heterocycles. The highest BCUT2D eigenvalue weighted by atomic mass is 35.5. The summed E-state index contributed by atoms with van der Waals surface area (Å²) >= 11 is 14.3. The van der Waals surface area contributed by atoms with Crippen LogP contribution in [0, 0.1) is 11.8 Å². The van der Waals surface area contributed by atoms with E-state index in [2.05, 4.69) is 38.3 Å². The summed E-state index contributed by atoms with van der Waals surface area (Å²) in [6.07, 6.45) is 5.17. The Morgan fingerprint density at radius 2 is 1.93 bits per heavy atom. The molecule has 1 aromatic heterocycles. The van der Waals surface area contributed by atoms with E-state index in [1.807, 2.05) is 38.1 Å². The number of hydrogen-bond acceptors (Lipinski definition) is 7. The number of carbonyl (C=O) groups is 1. The van der Waals surface area contributed by atoms with Gasteiger partial charge in [0, 0.05) is 23.6 Å². The lowest BCUT2D eigenvalue weighted by Crippen LogP contribution is -2.29. The molecule has 1 aliphatic carbocycles. The van der Waals surface area contributed by atoms with Crippen molar-refractivity contribution in [2.45, 2.75) is 62.6 Å². The van der Waals surface area contributed by atoms with Gasteiger partial charge in [-0.2, -0.15) is 4.68 Å². The van der Waals surface area contributed by atoms with Gasteiger partial charge in [-0.05, 0) is 104 Å². The molecule has 2 heterocycles. The van der Waals surface area contributed by atoms with Crippen LogP contribution in [-0.4, -0.2) is 68.5 Å². The van der Waals surface area contributed by atoms with Gasteiger partial charge in [-0.1, -0.05) is 58.9 Å². The first-order chi connectivity index (χ1) is 19.3. The molecule has 0 N–H and O–H groups in total. The summed E-state index contributed by atoms with van der Waals surface area (Å²) in [5, 5.41) is 13.6. The van der Waals surface area contributed by atoms with E-state index < -0.39 is 5.60 Å². The molecule has 3 aromatic rings. The van der Waals surface area contributed by atoms with E-state index in [4.69, 9.17) is 27.9 Å². The van der Waals surface area contributed by atoms with E-state index in [-0.39, 0.29) is 18.0 Å². The van der Waals surface area contributed by atoms with Crippen LogP contribution in [0.3, 0.4) is 0 Å². The van der Waals surface area contributed by atoms with Gasteiger partial charge in [-0.25, -0.2) is 0 Å². The SMILES string of the molecule is CC(C)(C#Cc1ccc(CC(=O)CSc2nnnn2-c2ccc(C3CC3)cc2Cl)c(Cl)c1)OCCN1CCCC1. The number of aromatic nitrogens is 4. The van der Waals surface area contributed by atoms with Crippen LogP contribution in [0.5, 0.6) is 0 Å². The molecule has 1 saturated heterocycles. The van der Waals surface area contributed by atoms with Gasteiger partial charge in [0.25, 0.3) is 0 Å². The molecule has 210 valence electrons. The lowest BCUT2D eigenvalue weighted by atomic mass is 10.1. The predicted octanol–water partition coefficient (Wildman–Crippen LogP) is 5.99. The topological polar surface area (TPSA) is 73.1 Å². The summed E-state index contributed by atoms with van der Waals surface area (Å²) in [7, 11) is 0. The van der Waals surface area contributed by atoms with Gasteiger partial charge in [-0.3, -0.25) is 4.79 Å². The average molecular weight is 599 g/mol. The van der Waals surface area contributed by atoms with Crippen molar-refractivity contribution >= 4 is 40.7 Å². The standard InChI is InChI=1S/C30H33Cl2N5O2S/c1-30(2,39-16-15-36-13-3-4-14-36)12-11-21-5-6-24(26(31)17-21)18-25(38)20-40-29-33-34-35-37(29)28-10-9-23(19-27(28)32)22-7-8-22/h5-6,9-10,17,19,22H,3-4,7-8,13-16,18,20H2,1-2H3. The van der Waals surface area contributed by atoms with Crippen molar-refractivity contribution in [3.63, 3.8) is 0 Å². The van der Waals surface area contributed by atoms with E-state index in [0.717, 1.165) is 30.8 Å². The normalized spacial score (nSPS) is 15.7. The molecule has 7 nitrogen and oxygen atoms in total. The summed E-state index contributed by atoms with van der Waals surface area (Å²) in [4.78, 5) is 15.2. The van der Waals surface area contributed by atoms with Crippen molar-refractivity contribution in [2.24, 2.45) is 0 Å². The largest absolute Gasteiger partial charge is 0.362 e. The van der Waals surface area contributed by atoms with Gasteiger partial charge in [0.05, 0.1) is 23.1 Å². The second-order valence-electron chi connectivity index (χ2n) is 10.8. The maximum absolute atomic E-state index is 12.8. The number of rotatable bonds is 11. The third-order valence-electron chi connectivity index (χ3n) is 7.07. The average Bonchev–Trinajstić information content (AvgIpc) is 3.44. The summed E-state index contributed by atoms with van der Waals surface area (Å²) in [5.41, 5.74) is 2.93. The molecule has 0 amide bonds. The maximum atomic E-state index is 12.8. The molecule has 10 heteroatoms. The Morgan fingerprint density at radius 1 is 1.12 bits per heavy atom. The molecular weight excluding hydrogens is 565 g/mol. The third-order valence-corrected chi connectivity index (χ3v) is 8.70. The molecule has 0 bridgehead atoms. The number of nitrogens with zero attached hydrogens (tertiary/aromatic N) is 5. The second kappa shape index (κ2) is 13.1. The molecular formula is C30H33Cl2N5O2S. The minimum Gasteiger partial charge on any atom is -0.362 e. The molecule has 1 saturated carbocycles. The van der Waals surface area contributed by atoms with Crippen molar-refractivity contribution < 1.29 is 9.53 Å². The van der Waals surface area contributed by atoms with E-state index in [9.17, 15) is 4.79 Å². The van der Waals surface area contributed by atoms with E-state index in [0.29, 0.717) is 33.4 Å². The number of likely N-dealkylation sites (tertiary alicyclic amines) is 1. The third kappa shape index (κ3) is 7.86. The zero-order chi connectivity index (χ0) is 28.1. The number of tetrazole rings is 1. The molecule has 2 fully saturated rings. The molecule has 0 atom stereocenters. The van der Waals surface area contributed by atoms with Gasteiger partial charge in [0.1, 0.15) is 11.4 Å². The fourth-order valence-corrected chi connectivity index (χ4v) is 5.92. The Bertz CT molecular complexity index is 1420. The van der Waals surface area contributed by atoms with Crippen LogP contribution in [0.25, 0.3) is 5.69 Å². The van der Waals surface area contributed by atoms with Crippen molar-refractivity contribution in [2.75, 3.05) is 32.0 Å². The molecule has 40 heavy (non-hydrogen) atoms. The van der Waals surface area contributed by atoms with Gasteiger partial charge in [0.2, 0.25) is 5.16 Å². The lowest BCUT2D eigenvalue weighted by Gasteiger charge is -2.21. The number of carbonyl (C=O) groups excluding carboxylic acids is 1. The fourth-order valence-electron chi connectivity index (χ4n) is 4.66. The summed E-state index contributed by atoms with van der Waals surface area (Å²) in [6.45, 7) is 7.86. The van der Waals surface area contributed by atoms with Gasteiger partial charge < -0.3 is 9.64 Å². The van der Waals surface area contributed by atoms with Crippen LogP contribution < -0.4 is 0 Å². The van der Waals surface area contributed by atoms with E-state index >= 15 is 0 Å². The maximum Gasteiger partial charge on any atom is 0.214 e. The lowest BCUT2D eigenvalue weighted by molar-refractivity contribution is -0.116. The highest BCUT2D eigenvalue weighted by Gasteiger charge is 2.25. The van der Waals surface area contributed by atoms with Crippen molar-refractivity contribution in [3.05, 3.63) is 63.1 Å². The van der Waals surface area contributed by atoms with Crippen LogP contribution in [0.2, 0.25) is 10.0 Å². The Hall–Kier alpha value is -2.41. The smallest absolute Gasteiger partial charge is 0.214 e. The summed E-state index contributed by atoms with van der Waals surface area (Å²) < 4.78 is 7.60. The first kappa shape index (κ1) is 29.1. The Kier molecular flexibility index (Phi) is 9.49. The molecule has 5 rings (SSSR count). The van der Waals surface area contributed by atoms with Crippen molar-refractivity contribution in [1.82, 2.24) is 25.1 Å². The molecule has 0 radical (unpaired) electrons. The monoisotopic (exact) mass is 597 g/mol. The number of ether oxygens (including phenoxy) is 1. The quantitative estimate of drug-likeness (QED) is 0.198. The first-order valence-corrected chi connectivity index (χ1v) is 15.4. The minimum absolute atomic E-state index is 0.0167. The van der Waals surface area contributed by atoms with E-state index in [1.165, 1.54) is 43.0 Å². The van der Waals surface area contributed by atoms with Gasteiger partial charge >= 0.3 is 0 Å². The molecule has 0 spiro atoms.